The lowest BCUT2D eigenvalue weighted by Crippen LogP contribution is -2.35. The van der Waals surface area contributed by atoms with Crippen LogP contribution in [0, 0.1) is 5.92 Å². The molecule has 1 aliphatic carbocycles. The average Bonchev–Trinajstić information content (AvgIpc) is 3.40. The van der Waals surface area contributed by atoms with E-state index in [2.05, 4.69) is 38.6 Å². The van der Waals surface area contributed by atoms with Gasteiger partial charge in [-0.2, -0.15) is 18.3 Å². The lowest BCUT2D eigenvalue weighted by molar-refractivity contribution is -0.173. The molecule has 3 aromatic rings. The second kappa shape index (κ2) is 10.4. The molecule has 0 bridgehead atoms. The van der Waals surface area contributed by atoms with Crippen LogP contribution in [0.3, 0.4) is 0 Å². The predicted octanol–water partition coefficient (Wildman–Crippen LogP) is 6.92. The number of nitrogens with one attached hydrogen (secondary N) is 2. The van der Waals surface area contributed by atoms with Crippen molar-refractivity contribution < 1.29 is 27.5 Å². The first-order valence-corrected chi connectivity index (χ1v) is 14.0. The summed E-state index contributed by atoms with van der Waals surface area (Å²) in [6, 6.07) is 6.30. The molecule has 7 nitrogen and oxygen atoms in total. The molecule has 0 saturated heterocycles. The monoisotopic (exact) mass is 610 g/mol. The number of thiophene rings is 1. The third-order valence-electron chi connectivity index (χ3n) is 6.93. The molecule has 1 aliphatic heterocycles. The van der Waals surface area contributed by atoms with Gasteiger partial charge in [-0.3, -0.25) is 4.79 Å². The Bertz CT molecular complexity index is 1370. The fourth-order valence-corrected chi connectivity index (χ4v) is 7.01. The Labute approximate surface area is 229 Å². The number of hydrogen-bond donors (Lipinski definition) is 2. The van der Waals surface area contributed by atoms with Gasteiger partial charge in [-0.25, -0.2) is 9.48 Å². The first-order valence-electron chi connectivity index (χ1n) is 12.4. The zero-order chi connectivity index (χ0) is 27.2. The second-order valence-electron chi connectivity index (χ2n) is 9.59. The molecule has 1 amide bonds. The minimum atomic E-state index is -4.58. The van der Waals surface area contributed by atoms with E-state index in [0.717, 1.165) is 28.0 Å². The van der Waals surface area contributed by atoms with Crippen molar-refractivity contribution in [2.75, 3.05) is 17.2 Å². The number of fused-ring (bicyclic) bond motifs is 2. The van der Waals surface area contributed by atoms with Crippen molar-refractivity contribution in [1.82, 2.24) is 9.78 Å². The molecule has 12 heteroatoms. The zero-order valence-electron chi connectivity index (χ0n) is 20.7. The van der Waals surface area contributed by atoms with Gasteiger partial charge >= 0.3 is 12.1 Å². The first-order chi connectivity index (χ1) is 18.1. The van der Waals surface area contributed by atoms with Gasteiger partial charge in [-0.05, 0) is 59.2 Å². The Hall–Kier alpha value is -2.86. The third-order valence-corrected chi connectivity index (χ3v) is 8.85. The topological polar surface area (TPSA) is 85.2 Å². The van der Waals surface area contributed by atoms with Crippen molar-refractivity contribution in [3.8, 4) is 0 Å². The predicted molar refractivity (Wildman–Crippen MR) is 142 cm³/mol. The van der Waals surface area contributed by atoms with Gasteiger partial charge in [-0.15, -0.1) is 11.3 Å². The number of hydrogen-bond acceptors (Lipinski definition) is 6. The largest absolute Gasteiger partial charge is 0.462 e. The highest BCUT2D eigenvalue weighted by atomic mass is 79.9. The Morgan fingerprint density at radius 2 is 2.03 bits per heavy atom. The number of nitrogens with zero attached hydrogens (tertiary/aromatic N) is 2. The number of ether oxygens (including phenoxy) is 1. The van der Waals surface area contributed by atoms with Crippen molar-refractivity contribution in [3.63, 3.8) is 0 Å². The highest BCUT2D eigenvalue weighted by Crippen LogP contribution is 2.47. The average molecular weight is 611 g/mol. The molecule has 38 heavy (non-hydrogen) atoms. The molecular weight excluding hydrogens is 585 g/mol. The number of halogens is 4. The summed E-state index contributed by atoms with van der Waals surface area (Å²) in [7, 11) is 0. The van der Waals surface area contributed by atoms with E-state index in [1.165, 1.54) is 11.3 Å². The molecule has 2 aliphatic rings. The van der Waals surface area contributed by atoms with Crippen LogP contribution in [0.5, 0.6) is 0 Å². The van der Waals surface area contributed by atoms with Crippen LogP contribution < -0.4 is 10.6 Å². The van der Waals surface area contributed by atoms with E-state index < -0.39 is 30.1 Å². The molecule has 0 unspecified atom stereocenters. The van der Waals surface area contributed by atoms with Crippen molar-refractivity contribution in [1.29, 1.82) is 0 Å². The minimum absolute atomic E-state index is 0.0718. The van der Waals surface area contributed by atoms with E-state index >= 15 is 0 Å². The van der Waals surface area contributed by atoms with Gasteiger partial charge in [0, 0.05) is 11.3 Å². The maximum absolute atomic E-state index is 14.1. The van der Waals surface area contributed by atoms with Crippen LogP contribution in [-0.4, -0.2) is 34.4 Å². The number of carbonyl (C=O) groups excluding carboxylic acids is 2. The second-order valence-corrected chi connectivity index (χ2v) is 11.5. The third kappa shape index (κ3) is 4.95. The van der Waals surface area contributed by atoms with Gasteiger partial charge in [-0.1, -0.05) is 37.3 Å². The summed E-state index contributed by atoms with van der Waals surface area (Å²) < 4.78 is 48.6. The van der Waals surface area contributed by atoms with Gasteiger partial charge in [0.25, 0.3) is 5.91 Å². The van der Waals surface area contributed by atoms with Crippen molar-refractivity contribution >= 4 is 50.0 Å². The van der Waals surface area contributed by atoms with Crippen molar-refractivity contribution in [2.24, 2.45) is 5.92 Å². The van der Waals surface area contributed by atoms with Crippen LogP contribution in [0.2, 0.25) is 0 Å². The maximum atomic E-state index is 14.1. The van der Waals surface area contributed by atoms with E-state index in [4.69, 9.17) is 4.74 Å². The number of anilines is 2. The molecule has 0 radical (unpaired) electrons. The van der Waals surface area contributed by atoms with E-state index in [0.29, 0.717) is 28.5 Å². The molecular formula is C26H26BrF3N4O3S. The molecule has 202 valence electrons. The number of amides is 1. The van der Waals surface area contributed by atoms with Crippen LogP contribution in [0.1, 0.15) is 75.6 Å². The highest BCUT2D eigenvalue weighted by molar-refractivity contribution is 9.10. The van der Waals surface area contributed by atoms with E-state index in [9.17, 15) is 22.8 Å². The van der Waals surface area contributed by atoms with Crippen molar-refractivity contribution in [3.05, 3.63) is 62.1 Å². The highest BCUT2D eigenvalue weighted by Gasteiger charge is 2.48. The van der Waals surface area contributed by atoms with Gasteiger partial charge in [0.05, 0.1) is 22.7 Å². The summed E-state index contributed by atoms with van der Waals surface area (Å²) in [6.45, 7) is 4.01. The molecule has 0 fully saturated rings. The Morgan fingerprint density at radius 1 is 1.29 bits per heavy atom. The van der Waals surface area contributed by atoms with Gasteiger partial charge in [0.2, 0.25) is 0 Å². The summed E-state index contributed by atoms with van der Waals surface area (Å²) in [6.07, 6.45) is -2.47. The lowest BCUT2D eigenvalue weighted by atomic mass is 9.88. The molecule has 2 aromatic heterocycles. The standard InChI is InChI=1S/C26H26BrF3N4O3S/c1-3-37-25(36)19-15-10-9-13(2)11-17(15)38-24(19)32-23(35)21-20(27)22-31-16(14-7-5-4-6-8-14)12-18(26(28,29)30)34(22)33-21/h4-8,13,16,18,31H,3,9-12H2,1-2H3,(H,32,35)/t13-,16+,18+/m1/s1. The van der Waals surface area contributed by atoms with Crippen LogP contribution in [-0.2, 0) is 17.6 Å². The molecule has 5 rings (SSSR count). The summed E-state index contributed by atoms with van der Waals surface area (Å²) in [4.78, 5) is 27.2. The molecule has 1 aromatic carbocycles. The smallest absolute Gasteiger partial charge is 0.410 e. The number of aromatic nitrogens is 2. The molecule has 3 heterocycles. The fourth-order valence-electron chi connectivity index (χ4n) is 5.06. The minimum Gasteiger partial charge on any atom is -0.462 e. The maximum Gasteiger partial charge on any atom is 0.410 e. The van der Waals surface area contributed by atoms with Crippen LogP contribution in [0.25, 0.3) is 0 Å². The summed E-state index contributed by atoms with van der Waals surface area (Å²) in [5.74, 6) is -0.725. The first kappa shape index (κ1) is 26.7. The number of carbonyl (C=O) groups is 2. The van der Waals surface area contributed by atoms with Crippen LogP contribution in [0.15, 0.2) is 34.8 Å². The van der Waals surface area contributed by atoms with Crippen LogP contribution >= 0.6 is 27.3 Å². The van der Waals surface area contributed by atoms with E-state index in [1.54, 1.807) is 37.3 Å². The summed E-state index contributed by atoms with van der Waals surface area (Å²) in [5, 5.41) is 10.3. The van der Waals surface area contributed by atoms with Crippen LogP contribution in [0.4, 0.5) is 24.0 Å². The summed E-state index contributed by atoms with van der Waals surface area (Å²) >= 11 is 4.63. The van der Waals surface area contributed by atoms with E-state index in [-0.39, 0.29) is 29.0 Å². The zero-order valence-corrected chi connectivity index (χ0v) is 23.1. The number of benzene rings is 1. The van der Waals surface area contributed by atoms with Gasteiger partial charge in [0.1, 0.15) is 10.8 Å². The number of rotatable bonds is 5. The quantitative estimate of drug-likeness (QED) is 0.306. The van der Waals surface area contributed by atoms with Gasteiger partial charge in [0.15, 0.2) is 11.7 Å². The Kier molecular flexibility index (Phi) is 7.29. The molecule has 2 N–H and O–H groups in total. The number of alkyl halides is 3. The molecule has 0 saturated carbocycles. The lowest BCUT2D eigenvalue weighted by Gasteiger charge is -2.33. The van der Waals surface area contributed by atoms with E-state index in [1.807, 2.05) is 0 Å². The molecule has 3 atom stereocenters. The fraction of sp³-hybridized carbons (Fsp3) is 0.423. The SMILES string of the molecule is CCOC(=O)c1c(NC(=O)c2nn3c(c2Br)N[C@H](c2ccccc2)C[C@H]3C(F)(F)F)sc2c1CC[C@@H](C)C2. The summed E-state index contributed by atoms with van der Waals surface area (Å²) in [5.41, 5.74) is 1.69. The Balaban J connectivity index is 1.50. The number of esters is 1. The normalized spacial score (nSPS) is 20.7. The van der Waals surface area contributed by atoms with Gasteiger partial charge < -0.3 is 15.4 Å². The van der Waals surface area contributed by atoms with Crippen molar-refractivity contribution in [2.45, 2.75) is 57.8 Å². The Morgan fingerprint density at radius 3 is 2.71 bits per heavy atom. The molecule has 0 spiro atoms.